The van der Waals surface area contributed by atoms with Gasteiger partial charge >= 0.3 is 0 Å². The molecule has 3 aromatic heterocycles. The van der Waals surface area contributed by atoms with Crippen LogP contribution in [-0.2, 0) is 0 Å². The number of fused-ring (bicyclic) bond motifs is 7. The minimum absolute atomic E-state index is 0.271. The van der Waals surface area contributed by atoms with Crippen molar-refractivity contribution in [2.45, 2.75) is 0 Å². The number of para-hydroxylation sites is 1. The average Bonchev–Trinajstić information content (AvgIpc) is 3.73. The molecular weight excluding hydrogens is 633 g/mol. The molecule has 6 nitrogen and oxygen atoms in total. The summed E-state index contributed by atoms with van der Waals surface area (Å²) in [6.45, 7) is 8.40. The van der Waals surface area contributed by atoms with Crippen LogP contribution in [0.1, 0.15) is 11.1 Å². The Hall–Kier alpha value is -7.11. The number of nitrogens with zero attached hydrogens (tertiary/aromatic N) is 6. The second kappa shape index (κ2) is 11.5. The van der Waals surface area contributed by atoms with Crippen molar-refractivity contribution < 1.29 is 0 Å². The van der Waals surface area contributed by atoms with Gasteiger partial charge in [0.1, 0.15) is 11.6 Å². The van der Waals surface area contributed by atoms with Crippen LogP contribution in [0.4, 0.5) is 5.69 Å². The smallest absolute Gasteiger partial charge is 0.212 e. The van der Waals surface area contributed by atoms with Gasteiger partial charge < -0.3 is 4.57 Å². The van der Waals surface area contributed by atoms with Gasteiger partial charge in [-0.15, -0.1) is 11.3 Å². The molecule has 0 N–H and O–H groups in total. The molecule has 0 aliphatic heterocycles. The fourth-order valence-corrected chi connectivity index (χ4v) is 8.19. The molecule has 0 aliphatic rings. The molecule has 0 radical (unpaired) electrons. The maximum atomic E-state index is 10.7. The second-order valence-electron chi connectivity index (χ2n) is 11.9. The van der Waals surface area contributed by atoms with E-state index in [0.29, 0.717) is 34.0 Å². The molecule has 230 valence electrons. The van der Waals surface area contributed by atoms with E-state index in [2.05, 4.69) is 59.4 Å². The summed E-state index contributed by atoms with van der Waals surface area (Å²) in [6, 6.07) is 48.1. The number of hydrogen-bond acceptors (Lipinski definition) is 5. The van der Waals surface area contributed by atoms with E-state index >= 15 is 0 Å². The Balaban J connectivity index is 1.34. The van der Waals surface area contributed by atoms with Gasteiger partial charge in [0.25, 0.3) is 0 Å². The highest BCUT2D eigenvalue weighted by molar-refractivity contribution is 7.26. The zero-order chi connectivity index (χ0) is 33.8. The summed E-state index contributed by atoms with van der Waals surface area (Å²) < 4.78 is 4.42. The molecule has 0 fully saturated rings. The number of benzene rings is 6. The lowest BCUT2D eigenvalue weighted by atomic mass is 9.97. The highest BCUT2D eigenvalue weighted by atomic mass is 32.1. The minimum Gasteiger partial charge on any atom is -0.318 e. The van der Waals surface area contributed by atoms with E-state index in [1.807, 2.05) is 83.4 Å². The molecule has 0 spiro atoms. The van der Waals surface area contributed by atoms with Crippen molar-refractivity contribution in [3.63, 3.8) is 0 Å². The first-order chi connectivity index (χ1) is 24.7. The van der Waals surface area contributed by atoms with E-state index in [9.17, 15) is 10.5 Å². The molecule has 3 heterocycles. The SMILES string of the molecule is [C-]#[N+]c1cc(-c2nc(-c3ccccc3)nc(-c3ccccc3)c2C#N)cc(C#N)c1-n1c2ccccc2c2c3sc4ccccc4c3ccc21. The van der Waals surface area contributed by atoms with Crippen LogP contribution in [0.5, 0.6) is 0 Å². The number of nitriles is 2. The van der Waals surface area contributed by atoms with Crippen molar-refractivity contribution in [2.75, 3.05) is 0 Å². The maximum absolute atomic E-state index is 10.7. The van der Waals surface area contributed by atoms with Gasteiger partial charge in [-0.2, -0.15) is 10.5 Å². The van der Waals surface area contributed by atoms with Crippen LogP contribution in [0, 0.1) is 29.2 Å². The van der Waals surface area contributed by atoms with E-state index in [0.717, 1.165) is 32.9 Å². The molecule has 0 unspecified atom stereocenters. The van der Waals surface area contributed by atoms with Crippen molar-refractivity contribution in [1.82, 2.24) is 14.5 Å². The van der Waals surface area contributed by atoms with Crippen molar-refractivity contribution >= 4 is 59.0 Å². The molecule has 0 amide bonds. The summed E-state index contributed by atoms with van der Waals surface area (Å²) in [5, 5.41) is 25.8. The van der Waals surface area contributed by atoms with Crippen molar-refractivity contribution in [1.29, 1.82) is 10.5 Å². The Bertz CT molecular complexity index is 2920. The molecule has 0 bridgehead atoms. The fraction of sp³-hybridized carbons (Fsp3) is 0. The molecule has 9 rings (SSSR count). The van der Waals surface area contributed by atoms with Crippen LogP contribution in [0.3, 0.4) is 0 Å². The number of aromatic nitrogens is 3. The predicted molar refractivity (Wildman–Crippen MR) is 201 cm³/mol. The van der Waals surface area contributed by atoms with Gasteiger partial charge in [0.05, 0.1) is 46.3 Å². The van der Waals surface area contributed by atoms with Gasteiger partial charge in [-0.1, -0.05) is 103 Å². The Kier molecular flexibility index (Phi) is 6.71. The van der Waals surface area contributed by atoms with Gasteiger partial charge in [-0.25, -0.2) is 14.8 Å². The van der Waals surface area contributed by atoms with E-state index in [-0.39, 0.29) is 11.3 Å². The van der Waals surface area contributed by atoms with E-state index in [1.165, 1.54) is 20.2 Å². The van der Waals surface area contributed by atoms with Gasteiger partial charge in [0.2, 0.25) is 5.69 Å². The Morgan fingerprint density at radius 2 is 1.28 bits per heavy atom. The zero-order valence-corrected chi connectivity index (χ0v) is 27.1. The summed E-state index contributed by atoms with van der Waals surface area (Å²) in [7, 11) is 0. The molecule has 6 aromatic carbocycles. The van der Waals surface area contributed by atoms with Crippen LogP contribution < -0.4 is 0 Å². The van der Waals surface area contributed by atoms with Crippen LogP contribution in [0.15, 0.2) is 133 Å². The summed E-state index contributed by atoms with van der Waals surface area (Å²) in [4.78, 5) is 13.8. The largest absolute Gasteiger partial charge is 0.318 e. The van der Waals surface area contributed by atoms with Gasteiger partial charge in [-0.3, -0.25) is 0 Å². The Morgan fingerprint density at radius 3 is 2.00 bits per heavy atom. The van der Waals surface area contributed by atoms with Gasteiger partial charge in [-0.05, 0) is 35.9 Å². The van der Waals surface area contributed by atoms with Crippen molar-refractivity contribution in [3.05, 3.63) is 156 Å². The van der Waals surface area contributed by atoms with E-state index in [1.54, 1.807) is 23.5 Å². The fourth-order valence-electron chi connectivity index (χ4n) is 6.93. The van der Waals surface area contributed by atoms with Crippen LogP contribution in [0.2, 0.25) is 0 Å². The lowest BCUT2D eigenvalue weighted by molar-refractivity contribution is 1.16. The average molecular weight is 655 g/mol. The molecule has 0 saturated carbocycles. The van der Waals surface area contributed by atoms with E-state index in [4.69, 9.17) is 16.5 Å². The molecule has 9 aromatic rings. The van der Waals surface area contributed by atoms with Crippen LogP contribution in [-0.4, -0.2) is 14.5 Å². The van der Waals surface area contributed by atoms with Crippen molar-refractivity contribution in [2.24, 2.45) is 0 Å². The maximum Gasteiger partial charge on any atom is 0.212 e. The Labute approximate surface area is 290 Å². The lowest BCUT2D eigenvalue weighted by Crippen LogP contribution is -2.03. The summed E-state index contributed by atoms with van der Waals surface area (Å²) in [5.41, 5.74) is 6.07. The van der Waals surface area contributed by atoms with Gasteiger partial charge in [0, 0.05) is 42.1 Å². The summed E-state index contributed by atoms with van der Waals surface area (Å²) in [5.74, 6) is 0.445. The molecule has 50 heavy (non-hydrogen) atoms. The zero-order valence-electron chi connectivity index (χ0n) is 26.3. The first kappa shape index (κ1) is 29.1. The first-order valence-corrected chi connectivity index (χ1v) is 16.7. The summed E-state index contributed by atoms with van der Waals surface area (Å²) in [6.07, 6.45) is 0. The lowest BCUT2D eigenvalue weighted by Gasteiger charge is -2.16. The van der Waals surface area contributed by atoms with Crippen molar-refractivity contribution in [3.8, 4) is 51.7 Å². The molecular formula is C43H22N6S. The highest BCUT2D eigenvalue weighted by Crippen LogP contribution is 2.45. The Morgan fingerprint density at radius 1 is 0.620 bits per heavy atom. The summed E-state index contributed by atoms with van der Waals surface area (Å²) >= 11 is 1.75. The first-order valence-electron chi connectivity index (χ1n) is 15.9. The normalized spacial score (nSPS) is 11.1. The minimum atomic E-state index is 0.271. The molecule has 7 heteroatoms. The molecule has 0 saturated heterocycles. The molecule has 0 atom stereocenters. The third-order valence-electron chi connectivity index (χ3n) is 9.11. The predicted octanol–water partition coefficient (Wildman–Crippen LogP) is 11.2. The second-order valence-corrected chi connectivity index (χ2v) is 12.9. The van der Waals surface area contributed by atoms with Gasteiger partial charge in [0.15, 0.2) is 5.82 Å². The van der Waals surface area contributed by atoms with Crippen LogP contribution in [0.25, 0.3) is 86.4 Å². The number of hydrogen-bond donors (Lipinski definition) is 0. The van der Waals surface area contributed by atoms with Crippen LogP contribution >= 0.6 is 11.3 Å². The van der Waals surface area contributed by atoms with E-state index < -0.39 is 0 Å². The standard InChI is InChI=1S/C43H22N6S/c1-46-34-23-28(40-33(25-45)39(26-12-4-2-5-13-26)47-43(48-40)27-14-6-3-7-15-27)22-29(24-44)41(34)49-35-18-10-8-17-32(35)38-36(49)21-20-31-30-16-9-11-19-37(30)50-42(31)38/h2-23H. The third-order valence-corrected chi connectivity index (χ3v) is 10.3. The quantitative estimate of drug-likeness (QED) is 0.177. The third kappa shape index (κ3) is 4.38. The topological polar surface area (TPSA) is 82.7 Å². The molecule has 0 aliphatic carbocycles. The monoisotopic (exact) mass is 654 g/mol. The number of thiophene rings is 1. The number of rotatable bonds is 4. The highest BCUT2D eigenvalue weighted by Gasteiger charge is 2.24.